The Labute approximate surface area is 193 Å². The van der Waals surface area contributed by atoms with Crippen molar-refractivity contribution >= 4 is 40.2 Å². The smallest absolute Gasteiger partial charge is 0.351 e. The number of nitrogens with one attached hydrogen (secondary N) is 1. The summed E-state index contributed by atoms with van der Waals surface area (Å²) in [6.45, 7) is 0. The van der Waals surface area contributed by atoms with E-state index in [0.717, 1.165) is 0 Å². The van der Waals surface area contributed by atoms with Crippen molar-refractivity contribution in [3.05, 3.63) is 89.2 Å². The highest BCUT2D eigenvalue weighted by Crippen LogP contribution is 2.33. The molecule has 33 heavy (non-hydrogen) atoms. The minimum absolute atomic E-state index is 0.0408. The van der Waals surface area contributed by atoms with Gasteiger partial charge in [-0.25, -0.2) is 14.7 Å². The summed E-state index contributed by atoms with van der Waals surface area (Å²) in [5, 5.41) is 0.374. The number of imide groups is 1. The molecule has 2 heterocycles. The van der Waals surface area contributed by atoms with E-state index in [1.807, 2.05) is 48.5 Å². The van der Waals surface area contributed by atoms with Crippen LogP contribution in [0, 0.1) is 0 Å². The van der Waals surface area contributed by atoms with Crippen molar-refractivity contribution in [3.8, 4) is 11.4 Å². The molecule has 164 valence electrons. The number of hydrogen-bond acceptors (Lipinski definition) is 5. The largest absolute Gasteiger partial charge is 0.497 e. The highest BCUT2D eigenvalue weighted by molar-refractivity contribution is 8.00. The van der Waals surface area contributed by atoms with Crippen LogP contribution in [0.5, 0.6) is 5.75 Å². The van der Waals surface area contributed by atoms with Crippen LogP contribution in [0.4, 0.5) is 5.69 Å². The number of amides is 2. The summed E-state index contributed by atoms with van der Waals surface area (Å²) in [6.07, 6.45) is 0.0408. The second-order valence-corrected chi connectivity index (χ2v) is 8.72. The molecule has 1 fully saturated rings. The zero-order chi connectivity index (χ0) is 22.9. The van der Waals surface area contributed by atoms with Gasteiger partial charge in [0, 0.05) is 6.42 Å². The topological polar surface area (TPSA) is 82.8 Å². The van der Waals surface area contributed by atoms with Crippen LogP contribution in [0.2, 0.25) is 0 Å². The van der Waals surface area contributed by atoms with E-state index in [4.69, 9.17) is 4.74 Å². The number of H-pyrrole nitrogens is 1. The molecule has 4 aromatic rings. The van der Waals surface area contributed by atoms with Gasteiger partial charge in [-0.05, 0) is 60.3 Å². The number of methoxy groups -OCH3 is 1. The van der Waals surface area contributed by atoms with E-state index in [0.29, 0.717) is 33.2 Å². The summed E-state index contributed by atoms with van der Waals surface area (Å²) in [5.41, 5.74) is 1.65. The second kappa shape index (κ2) is 8.55. The van der Waals surface area contributed by atoms with Crippen LogP contribution in [-0.2, 0) is 9.59 Å². The lowest BCUT2D eigenvalue weighted by molar-refractivity contribution is -0.405. The average Bonchev–Trinajstić information content (AvgIpc) is 3.12. The lowest BCUT2D eigenvalue weighted by Gasteiger charge is -2.15. The first-order valence-electron chi connectivity index (χ1n) is 10.4. The molecule has 0 radical (unpaired) electrons. The lowest BCUT2D eigenvalue weighted by Crippen LogP contribution is -2.33. The molecule has 1 atom stereocenters. The summed E-state index contributed by atoms with van der Waals surface area (Å²) in [6, 6.07) is 23.3. The van der Waals surface area contributed by atoms with Crippen LogP contribution in [0.3, 0.4) is 0 Å². The molecule has 7 nitrogen and oxygen atoms in total. The van der Waals surface area contributed by atoms with Crippen molar-refractivity contribution < 1.29 is 19.3 Å². The summed E-state index contributed by atoms with van der Waals surface area (Å²) in [5.74, 6) is 0.0438. The quantitative estimate of drug-likeness (QED) is 0.339. The van der Waals surface area contributed by atoms with E-state index in [1.54, 1.807) is 42.0 Å². The molecule has 8 heteroatoms. The van der Waals surface area contributed by atoms with E-state index in [2.05, 4.69) is 4.98 Å². The normalized spacial score (nSPS) is 15.9. The van der Waals surface area contributed by atoms with E-state index < -0.39 is 5.25 Å². The van der Waals surface area contributed by atoms with E-state index >= 15 is 0 Å². The Bertz CT molecular complexity index is 1420. The molecule has 2 amide bonds. The molecule has 0 spiro atoms. The Morgan fingerprint density at radius 1 is 0.879 bits per heavy atom. The van der Waals surface area contributed by atoms with Gasteiger partial charge in [0.15, 0.2) is 0 Å². The Balaban J connectivity index is 1.54. The molecule has 5 rings (SSSR count). The predicted molar refractivity (Wildman–Crippen MR) is 126 cm³/mol. The molecule has 0 aliphatic carbocycles. The van der Waals surface area contributed by atoms with Crippen molar-refractivity contribution in [2.75, 3.05) is 12.0 Å². The maximum atomic E-state index is 13.4. The number of rotatable bonds is 5. The minimum atomic E-state index is -0.661. The number of nitrogens with zero attached hydrogens (tertiary/aromatic N) is 2. The van der Waals surface area contributed by atoms with Gasteiger partial charge < -0.3 is 4.74 Å². The van der Waals surface area contributed by atoms with Gasteiger partial charge in [-0.1, -0.05) is 30.3 Å². The van der Waals surface area contributed by atoms with Crippen LogP contribution in [-0.4, -0.2) is 28.7 Å². The SMILES string of the molecule is COc1ccc(N2C(=O)CC(Sc3[nH+]c4ccccc4c(=O)n3-c3ccccc3)C2=O)cc1. The first-order valence-corrected chi connectivity index (χ1v) is 11.2. The summed E-state index contributed by atoms with van der Waals surface area (Å²) < 4.78 is 6.71. The third-order valence-electron chi connectivity index (χ3n) is 5.51. The standard InChI is InChI=1S/C25H19N3O4S/c1-32-18-13-11-17(12-14-18)27-22(29)15-21(24(27)31)33-25-26-20-10-6-5-9-19(20)23(30)28(25)16-7-3-2-4-8-16/h2-14,21H,15H2,1H3/p+1. The average molecular weight is 459 g/mol. The molecule has 1 aromatic heterocycles. The Hall–Kier alpha value is -3.91. The number of fused-ring (bicyclic) bond motifs is 1. The molecule has 1 N–H and O–H groups in total. The van der Waals surface area contributed by atoms with Crippen LogP contribution >= 0.6 is 11.8 Å². The first-order chi connectivity index (χ1) is 16.1. The maximum Gasteiger partial charge on any atom is 0.351 e. The van der Waals surface area contributed by atoms with Gasteiger partial charge in [0.2, 0.25) is 11.8 Å². The molecule has 0 saturated carbocycles. The Kier molecular flexibility index (Phi) is 5.43. The van der Waals surface area contributed by atoms with Crippen LogP contribution in [0.15, 0.2) is 88.8 Å². The van der Waals surface area contributed by atoms with Gasteiger partial charge in [0.05, 0.1) is 12.8 Å². The molecule has 1 saturated heterocycles. The number of benzene rings is 3. The van der Waals surface area contributed by atoms with E-state index in [9.17, 15) is 14.4 Å². The molecule has 1 aliphatic rings. The molecule has 0 bridgehead atoms. The van der Waals surface area contributed by atoms with Gasteiger partial charge in [0.1, 0.15) is 27.6 Å². The fourth-order valence-electron chi connectivity index (χ4n) is 3.89. The number of para-hydroxylation sites is 2. The van der Waals surface area contributed by atoms with Crippen LogP contribution < -0.4 is 20.2 Å². The monoisotopic (exact) mass is 458 g/mol. The predicted octanol–water partition coefficient (Wildman–Crippen LogP) is 3.24. The number of thioether (sulfide) groups is 1. The Morgan fingerprint density at radius 2 is 1.58 bits per heavy atom. The van der Waals surface area contributed by atoms with Crippen molar-refractivity contribution in [1.82, 2.24) is 4.57 Å². The van der Waals surface area contributed by atoms with E-state index in [1.165, 1.54) is 16.7 Å². The number of carbonyl (C=O) groups excluding carboxylic acids is 2. The summed E-state index contributed by atoms with van der Waals surface area (Å²) >= 11 is 1.19. The van der Waals surface area contributed by atoms with Gasteiger partial charge in [-0.3, -0.25) is 9.59 Å². The highest BCUT2D eigenvalue weighted by atomic mass is 32.2. The van der Waals surface area contributed by atoms with Crippen molar-refractivity contribution in [1.29, 1.82) is 0 Å². The number of anilines is 1. The molecule has 1 unspecified atom stereocenters. The first kappa shape index (κ1) is 21.0. The third-order valence-corrected chi connectivity index (χ3v) is 6.67. The van der Waals surface area contributed by atoms with Gasteiger partial charge in [-0.15, -0.1) is 0 Å². The molecule has 1 aliphatic heterocycles. The number of aromatic amines is 1. The maximum absolute atomic E-state index is 13.4. The lowest BCUT2D eigenvalue weighted by atomic mass is 10.2. The second-order valence-electron chi connectivity index (χ2n) is 7.53. The number of aromatic nitrogens is 2. The zero-order valence-electron chi connectivity index (χ0n) is 17.7. The van der Waals surface area contributed by atoms with Crippen LogP contribution in [0.25, 0.3) is 16.6 Å². The zero-order valence-corrected chi connectivity index (χ0v) is 18.5. The number of carbonyl (C=O) groups is 2. The summed E-state index contributed by atoms with van der Waals surface area (Å²) in [4.78, 5) is 43.8. The van der Waals surface area contributed by atoms with Crippen LogP contribution in [0.1, 0.15) is 6.42 Å². The third kappa shape index (κ3) is 3.78. The highest BCUT2D eigenvalue weighted by Gasteiger charge is 2.42. The summed E-state index contributed by atoms with van der Waals surface area (Å²) in [7, 11) is 1.56. The molecular weight excluding hydrogens is 438 g/mol. The van der Waals surface area contributed by atoms with Crippen molar-refractivity contribution in [2.45, 2.75) is 16.8 Å². The van der Waals surface area contributed by atoms with Crippen molar-refractivity contribution in [3.63, 3.8) is 0 Å². The molecule has 3 aromatic carbocycles. The number of hydrogen-bond donors (Lipinski definition) is 0. The fourth-order valence-corrected chi connectivity index (χ4v) is 5.05. The Morgan fingerprint density at radius 3 is 2.30 bits per heavy atom. The fraction of sp³-hybridized carbons (Fsp3) is 0.120. The minimum Gasteiger partial charge on any atom is -0.497 e. The van der Waals surface area contributed by atoms with Gasteiger partial charge >= 0.3 is 10.7 Å². The molecular formula is C25H20N3O4S+. The van der Waals surface area contributed by atoms with Crippen molar-refractivity contribution in [2.24, 2.45) is 0 Å². The number of ether oxygens (including phenoxy) is 1. The van der Waals surface area contributed by atoms with Gasteiger partial charge in [0.25, 0.3) is 0 Å². The van der Waals surface area contributed by atoms with Gasteiger partial charge in [-0.2, -0.15) is 4.57 Å². The van der Waals surface area contributed by atoms with E-state index in [-0.39, 0.29) is 23.8 Å².